The molecular formula is C20H26N2O4S. The summed E-state index contributed by atoms with van der Waals surface area (Å²) in [7, 11) is -3.55. The van der Waals surface area contributed by atoms with Gasteiger partial charge in [0.2, 0.25) is 10.0 Å². The first-order valence-corrected chi connectivity index (χ1v) is 10.3. The Labute approximate surface area is 160 Å². The predicted octanol–water partition coefficient (Wildman–Crippen LogP) is 2.35. The molecule has 0 fully saturated rings. The fourth-order valence-electron chi connectivity index (χ4n) is 2.74. The number of hydrogen-bond acceptors (Lipinski definition) is 4. The quantitative estimate of drug-likeness (QED) is 0.724. The number of carbonyl (C=O) groups is 1. The van der Waals surface area contributed by atoms with Crippen molar-refractivity contribution in [3.8, 4) is 0 Å². The average Bonchev–Trinajstić information content (AvgIpc) is 2.67. The number of rotatable bonds is 8. The Morgan fingerprint density at radius 1 is 1.04 bits per heavy atom. The van der Waals surface area contributed by atoms with Gasteiger partial charge in [0.05, 0.1) is 11.4 Å². The Morgan fingerprint density at radius 3 is 2.11 bits per heavy atom. The summed E-state index contributed by atoms with van der Waals surface area (Å²) in [5.41, 5.74) is -0.175. The average molecular weight is 391 g/mol. The molecule has 2 rings (SSSR count). The van der Waals surface area contributed by atoms with Crippen LogP contribution in [0.4, 0.5) is 0 Å². The van der Waals surface area contributed by atoms with Crippen LogP contribution in [0.5, 0.6) is 0 Å². The van der Waals surface area contributed by atoms with E-state index in [-0.39, 0.29) is 17.3 Å². The first-order chi connectivity index (χ1) is 12.7. The first kappa shape index (κ1) is 21.1. The second-order valence-electron chi connectivity index (χ2n) is 6.44. The molecule has 0 saturated carbocycles. The Bertz CT molecular complexity index is 859. The minimum Gasteiger partial charge on any atom is -0.384 e. The number of hydrogen-bond donors (Lipinski definition) is 2. The number of nitrogens with zero attached hydrogens (tertiary/aromatic N) is 1. The molecule has 0 aromatic heterocycles. The van der Waals surface area contributed by atoms with Crippen molar-refractivity contribution in [3.63, 3.8) is 0 Å². The van der Waals surface area contributed by atoms with E-state index >= 15 is 0 Å². The number of sulfonamides is 1. The number of nitrogens with one attached hydrogen (secondary N) is 1. The van der Waals surface area contributed by atoms with Crippen LogP contribution in [0.1, 0.15) is 36.7 Å². The normalized spacial score (nSPS) is 14.0. The summed E-state index contributed by atoms with van der Waals surface area (Å²) in [5, 5.41) is 13.2. The second kappa shape index (κ2) is 8.65. The lowest BCUT2D eigenvalue weighted by Gasteiger charge is -2.24. The molecule has 1 unspecified atom stereocenters. The maximum Gasteiger partial charge on any atom is 0.251 e. The third kappa shape index (κ3) is 4.94. The minimum atomic E-state index is -3.55. The van der Waals surface area contributed by atoms with Gasteiger partial charge in [-0.25, -0.2) is 8.42 Å². The van der Waals surface area contributed by atoms with Crippen molar-refractivity contribution in [3.05, 3.63) is 65.7 Å². The van der Waals surface area contributed by atoms with Crippen LogP contribution >= 0.6 is 0 Å². The fraction of sp³-hybridized carbons (Fsp3) is 0.350. The molecule has 0 aliphatic carbocycles. The molecular weight excluding hydrogens is 364 g/mol. The molecule has 1 atom stereocenters. The van der Waals surface area contributed by atoms with Crippen molar-refractivity contribution < 1.29 is 18.3 Å². The number of amides is 1. The molecule has 0 aliphatic rings. The molecule has 2 aromatic rings. The Morgan fingerprint density at radius 2 is 1.59 bits per heavy atom. The zero-order valence-corrected chi connectivity index (χ0v) is 16.7. The molecule has 0 spiro atoms. The van der Waals surface area contributed by atoms with E-state index in [1.165, 1.54) is 28.6 Å². The highest BCUT2D eigenvalue weighted by Crippen LogP contribution is 2.20. The van der Waals surface area contributed by atoms with Gasteiger partial charge in [0, 0.05) is 18.7 Å². The van der Waals surface area contributed by atoms with Crippen molar-refractivity contribution >= 4 is 15.9 Å². The molecule has 0 saturated heterocycles. The maximum absolute atomic E-state index is 12.5. The van der Waals surface area contributed by atoms with Crippen molar-refractivity contribution in [2.45, 2.75) is 31.3 Å². The van der Waals surface area contributed by atoms with Gasteiger partial charge >= 0.3 is 0 Å². The molecule has 1 amide bonds. The molecule has 7 heteroatoms. The molecule has 2 aromatic carbocycles. The van der Waals surface area contributed by atoms with Gasteiger partial charge in [0.15, 0.2) is 0 Å². The van der Waals surface area contributed by atoms with E-state index < -0.39 is 15.6 Å². The summed E-state index contributed by atoms with van der Waals surface area (Å²) in [6.07, 6.45) is 0. The Hall–Kier alpha value is -2.22. The molecule has 6 nitrogen and oxygen atoms in total. The molecule has 0 bridgehead atoms. The standard InChI is InChI=1S/C20H26N2O4S/c1-4-22(5-2)27(25,26)18-13-11-16(12-14-18)19(23)21-15-20(3,24)17-9-7-6-8-10-17/h6-14,24H,4-5,15H2,1-3H3,(H,21,23). The van der Waals surface area contributed by atoms with Crippen molar-refractivity contribution in [1.82, 2.24) is 9.62 Å². The summed E-state index contributed by atoms with van der Waals surface area (Å²) in [5.74, 6) is -0.377. The van der Waals surface area contributed by atoms with E-state index in [0.29, 0.717) is 24.2 Å². The summed E-state index contributed by atoms with van der Waals surface area (Å²) < 4.78 is 26.3. The van der Waals surface area contributed by atoms with Gasteiger partial charge in [-0.3, -0.25) is 4.79 Å². The third-order valence-corrected chi connectivity index (χ3v) is 6.51. The van der Waals surface area contributed by atoms with Gasteiger partial charge in [-0.05, 0) is 36.8 Å². The summed E-state index contributed by atoms with van der Waals surface area (Å²) in [6, 6.07) is 14.9. The lowest BCUT2D eigenvalue weighted by molar-refractivity contribution is 0.0526. The van der Waals surface area contributed by atoms with Crippen LogP contribution in [0, 0.1) is 0 Å². The van der Waals surface area contributed by atoms with E-state index in [1.807, 2.05) is 18.2 Å². The monoisotopic (exact) mass is 390 g/mol. The SMILES string of the molecule is CCN(CC)S(=O)(=O)c1ccc(C(=O)NCC(C)(O)c2ccccc2)cc1. The van der Waals surface area contributed by atoms with Crippen LogP contribution in [-0.2, 0) is 15.6 Å². The molecule has 0 heterocycles. The number of carbonyl (C=O) groups excluding carboxylic acids is 1. The van der Waals surface area contributed by atoms with Crippen LogP contribution in [0.15, 0.2) is 59.5 Å². The lowest BCUT2D eigenvalue weighted by atomic mass is 9.96. The van der Waals surface area contributed by atoms with Gasteiger partial charge in [-0.1, -0.05) is 44.2 Å². The fourth-order valence-corrected chi connectivity index (χ4v) is 4.20. The maximum atomic E-state index is 12.5. The van der Waals surface area contributed by atoms with E-state index in [2.05, 4.69) is 5.32 Å². The molecule has 2 N–H and O–H groups in total. The molecule has 146 valence electrons. The number of benzene rings is 2. The van der Waals surface area contributed by atoms with Crippen molar-refractivity contribution in [2.24, 2.45) is 0 Å². The highest BCUT2D eigenvalue weighted by Gasteiger charge is 2.24. The van der Waals surface area contributed by atoms with Gasteiger partial charge < -0.3 is 10.4 Å². The molecule has 0 aliphatic heterocycles. The van der Waals surface area contributed by atoms with E-state index in [1.54, 1.807) is 32.9 Å². The lowest BCUT2D eigenvalue weighted by Crippen LogP contribution is -2.38. The summed E-state index contributed by atoms with van der Waals surface area (Å²) in [4.78, 5) is 12.5. The van der Waals surface area contributed by atoms with Crippen LogP contribution in [0.3, 0.4) is 0 Å². The van der Waals surface area contributed by atoms with Crippen LogP contribution in [0.2, 0.25) is 0 Å². The number of aliphatic hydroxyl groups is 1. The third-order valence-electron chi connectivity index (χ3n) is 4.45. The zero-order valence-electron chi connectivity index (χ0n) is 15.8. The topological polar surface area (TPSA) is 86.7 Å². The smallest absolute Gasteiger partial charge is 0.251 e. The van der Waals surface area contributed by atoms with Gasteiger partial charge in [0.25, 0.3) is 5.91 Å². The van der Waals surface area contributed by atoms with Crippen LogP contribution < -0.4 is 5.32 Å². The Kier molecular flexibility index (Phi) is 6.75. The summed E-state index contributed by atoms with van der Waals surface area (Å²) in [6.45, 7) is 5.99. The first-order valence-electron chi connectivity index (χ1n) is 8.88. The predicted molar refractivity (Wildman–Crippen MR) is 105 cm³/mol. The minimum absolute atomic E-state index is 0.0370. The van der Waals surface area contributed by atoms with Gasteiger partial charge in [-0.15, -0.1) is 0 Å². The van der Waals surface area contributed by atoms with E-state index in [0.717, 1.165) is 0 Å². The van der Waals surface area contributed by atoms with Crippen LogP contribution in [-0.4, -0.2) is 43.4 Å². The molecule has 27 heavy (non-hydrogen) atoms. The van der Waals surface area contributed by atoms with Crippen molar-refractivity contribution in [1.29, 1.82) is 0 Å². The largest absolute Gasteiger partial charge is 0.384 e. The zero-order chi connectivity index (χ0) is 20.1. The van der Waals surface area contributed by atoms with Gasteiger partial charge in [0.1, 0.15) is 5.60 Å². The van der Waals surface area contributed by atoms with E-state index in [9.17, 15) is 18.3 Å². The Balaban J connectivity index is 2.08. The molecule has 0 radical (unpaired) electrons. The second-order valence-corrected chi connectivity index (χ2v) is 8.37. The van der Waals surface area contributed by atoms with E-state index in [4.69, 9.17) is 0 Å². The highest BCUT2D eigenvalue weighted by atomic mass is 32.2. The van der Waals surface area contributed by atoms with Crippen LogP contribution in [0.25, 0.3) is 0 Å². The summed E-state index contributed by atoms with van der Waals surface area (Å²) >= 11 is 0. The highest BCUT2D eigenvalue weighted by molar-refractivity contribution is 7.89. The van der Waals surface area contributed by atoms with Crippen molar-refractivity contribution in [2.75, 3.05) is 19.6 Å². The van der Waals surface area contributed by atoms with Gasteiger partial charge in [-0.2, -0.15) is 4.31 Å².